The topological polar surface area (TPSA) is 157 Å². The fraction of sp³-hybridized carbons (Fsp3) is 0.387. The highest BCUT2D eigenvalue weighted by molar-refractivity contribution is 6.03. The maximum Gasteiger partial charge on any atom is 0.410 e. The van der Waals surface area contributed by atoms with Crippen molar-refractivity contribution < 1.29 is 24.2 Å². The Bertz CT molecular complexity index is 1670. The van der Waals surface area contributed by atoms with E-state index in [1.54, 1.807) is 11.1 Å². The van der Waals surface area contributed by atoms with Crippen LogP contribution in [0.4, 0.5) is 15.4 Å². The number of aromatic amines is 2. The van der Waals surface area contributed by atoms with Gasteiger partial charge in [-0.3, -0.25) is 19.7 Å². The molecule has 12 nitrogen and oxygen atoms in total. The summed E-state index contributed by atoms with van der Waals surface area (Å²) in [5, 5.41) is 20.2. The summed E-state index contributed by atoms with van der Waals surface area (Å²) in [6.45, 7) is 6.57. The summed E-state index contributed by atoms with van der Waals surface area (Å²) in [6.07, 6.45) is 3.22. The van der Waals surface area contributed by atoms with Crippen molar-refractivity contribution >= 4 is 34.8 Å². The Balaban J connectivity index is 1.17. The molecule has 0 bridgehead atoms. The molecule has 0 radical (unpaired) electrons. The summed E-state index contributed by atoms with van der Waals surface area (Å²) in [4.78, 5) is 48.0. The maximum atomic E-state index is 12.9. The molecule has 2 aliphatic rings. The van der Waals surface area contributed by atoms with Crippen LogP contribution < -0.4 is 5.32 Å². The van der Waals surface area contributed by atoms with Crippen LogP contribution in [0.15, 0.2) is 48.7 Å². The summed E-state index contributed by atoms with van der Waals surface area (Å²) < 4.78 is 5.60. The van der Waals surface area contributed by atoms with Crippen LogP contribution in [0.5, 0.6) is 0 Å². The highest BCUT2D eigenvalue weighted by atomic mass is 16.6. The van der Waals surface area contributed by atoms with Gasteiger partial charge in [-0.1, -0.05) is 30.3 Å². The average Bonchev–Trinajstić information content (AvgIpc) is 3.78. The molecule has 2 atom stereocenters. The molecule has 12 heteroatoms. The number of carbonyl (C=O) groups excluding carboxylic acids is 2. The molecule has 3 amide bonds. The number of carbonyl (C=O) groups is 3. The monoisotopic (exact) mass is 585 g/mol. The van der Waals surface area contributed by atoms with Gasteiger partial charge in [-0.15, -0.1) is 0 Å². The molecule has 6 rings (SSSR count). The minimum Gasteiger partial charge on any atom is -0.465 e. The predicted molar refractivity (Wildman–Crippen MR) is 160 cm³/mol. The zero-order chi connectivity index (χ0) is 30.3. The van der Waals surface area contributed by atoms with Crippen molar-refractivity contribution in [3.63, 3.8) is 0 Å². The lowest BCUT2D eigenvalue weighted by molar-refractivity contribution is -0.119. The van der Waals surface area contributed by atoms with Crippen LogP contribution in [-0.2, 0) is 9.53 Å². The third-order valence-electron chi connectivity index (χ3n) is 7.93. The molecule has 2 fully saturated rings. The van der Waals surface area contributed by atoms with E-state index >= 15 is 0 Å². The number of hydrogen-bond acceptors (Lipinski definition) is 6. The molecule has 0 saturated carbocycles. The number of imidazole rings is 1. The summed E-state index contributed by atoms with van der Waals surface area (Å²) in [5.41, 5.74) is 3.93. The van der Waals surface area contributed by atoms with Crippen LogP contribution >= 0.6 is 0 Å². The van der Waals surface area contributed by atoms with Crippen LogP contribution in [0.3, 0.4) is 0 Å². The summed E-state index contributed by atoms with van der Waals surface area (Å²) in [5.74, 6) is 0.730. The first kappa shape index (κ1) is 28.3. The molecule has 0 aliphatic carbocycles. The number of hydrogen-bond donors (Lipinski definition) is 4. The molecular weight excluding hydrogens is 550 g/mol. The molecule has 43 heavy (non-hydrogen) atoms. The van der Waals surface area contributed by atoms with E-state index in [2.05, 4.69) is 25.5 Å². The van der Waals surface area contributed by atoms with E-state index in [9.17, 15) is 19.5 Å². The first-order chi connectivity index (χ1) is 20.6. The molecule has 4 heterocycles. The number of H-pyrrole nitrogens is 2. The first-order valence-electron chi connectivity index (χ1n) is 14.5. The van der Waals surface area contributed by atoms with Gasteiger partial charge in [0.25, 0.3) is 0 Å². The van der Waals surface area contributed by atoms with Gasteiger partial charge < -0.3 is 20.1 Å². The number of ether oxygens (including phenoxy) is 1. The fourth-order valence-corrected chi connectivity index (χ4v) is 5.84. The smallest absolute Gasteiger partial charge is 0.410 e. The minimum absolute atomic E-state index is 0.153. The van der Waals surface area contributed by atoms with Gasteiger partial charge in [0.05, 0.1) is 23.4 Å². The standard InChI is InChI=1S/C31H35N7O5/c1-31(2,3)43-30(42)38-15-4-6-24(38)27-32-17-23(33-27)19-10-8-18(9-11-19)20-12-13-22-21(16-20)26(36-35-22)34-28(39)25-7-5-14-37(25)29(40)41/h8-13,16-17,24-25H,4-7,14-15H2,1-3H3,(H,32,33)(H,40,41)(H2,34,35,36,39). The largest absolute Gasteiger partial charge is 0.465 e. The molecule has 2 aliphatic heterocycles. The molecule has 224 valence electrons. The molecule has 2 saturated heterocycles. The van der Waals surface area contributed by atoms with Crippen LogP contribution in [0, 0.1) is 0 Å². The normalized spacial score (nSPS) is 18.8. The van der Waals surface area contributed by atoms with Gasteiger partial charge in [0.2, 0.25) is 5.91 Å². The fourth-order valence-electron chi connectivity index (χ4n) is 5.84. The highest BCUT2D eigenvalue weighted by Gasteiger charge is 2.36. The second kappa shape index (κ2) is 11.1. The van der Waals surface area contributed by atoms with E-state index in [1.807, 2.05) is 63.2 Å². The number of amides is 3. The van der Waals surface area contributed by atoms with Gasteiger partial charge in [0.1, 0.15) is 17.5 Å². The van der Waals surface area contributed by atoms with Crippen LogP contribution in [0.1, 0.15) is 58.3 Å². The Morgan fingerprint density at radius 2 is 1.67 bits per heavy atom. The van der Waals surface area contributed by atoms with Crippen LogP contribution in [-0.4, -0.2) is 77.9 Å². The number of anilines is 1. The van der Waals surface area contributed by atoms with Crippen molar-refractivity contribution in [1.82, 2.24) is 30.0 Å². The van der Waals surface area contributed by atoms with E-state index in [4.69, 9.17) is 4.74 Å². The van der Waals surface area contributed by atoms with Crippen molar-refractivity contribution in [2.45, 2.75) is 64.1 Å². The maximum absolute atomic E-state index is 12.9. The average molecular weight is 586 g/mol. The van der Waals surface area contributed by atoms with E-state index in [0.717, 1.165) is 52.0 Å². The zero-order valence-corrected chi connectivity index (χ0v) is 24.4. The quantitative estimate of drug-likeness (QED) is 0.231. The third kappa shape index (κ3) is 5.77. The molecule has 4 N–H and O–H groups in total. The second-order valence-electron chi connectivity index (χ2n) is 12.0. The molecule has 2 unspecified atom stereocenters. The van der Waals surface area contributed by atoms with Crippen molar-refractivity contribution in [2.24, 2.45) is 0 Å². The van der Waals surface area contributed by atoms with Crippen LogP contribution in [0.2, 0.25) is 0 Å². The number of nitrogens with one attached hydrogen (secondary N) is 3. The SMILES string of the molecule is CC(C)(C)OC(=O)N1CCCC1c1ncc(-c2ccc(-c3ccc4[nH]nc(NC(=O)C5CCCN5C(=O)O)c4c3)cc2)[nH]1. The Morgan fingerprint density at radius 1 is 0.977 bits per heavy atom. The Morgan fingerprint density at radius 3 is 2.42 bits per heavy atom. The van der Waals surface area contributed by atoms with Crippen molar-refractivity contribution in [3.05, 3.63) is 54.5 Å². The van der Waals surface area contributed by atoms with Crippen molar-refractivity contribution in [2.75, 3.05) is 18.4 Å². The van der Waals surface area contributed by atoms with Gasteiger partial charge in [-0.25, -0.2) is 14.6 Å². The van der Waals surface area contributed by atoms with Gasteiger partial charge in [0, 0.05) is 18.5 Å². The lowest BCUT2D eigenvalue weighted by Crippen LogP contribution is -2.42. The van der Waals surface area contributed by atoms with E-state index in [-0.39, 0.29) is 18.0 Å². The minimum atomic E-state index is -1.09. The van der Waals surface area contributed by atoms with Gasteiger partial charge in [-0.05, 0) is 75.3 Å². The molecule has 0 spiro atoms. The number of likely N-dealkylation sites (tertiary alicyclic amines) is 2. The van der Waals surface area contributed by atoms with Gasteiger partial charge >= 0.3 is 12.2 Å². The van der Waals surface area contributed by atoms with Gasteiger partial charge in [-0.2, -0.15) is 5.10 Å². The Hall–Kier alpha value is -4.87. The van der Waals surface area contributed by atoms with Gasteiger partial charge in [0.15, 0.2) is 5.82 Å². The number of aromatic nitrogens is 4. The number of fused-ring (bicyclic) bond motifs is 1. The Labute approximate surface area is 248 Å². The molecular formula is C31H35N7O5. The molecule has 4 aromatic rings. The number of rotatable bonds is 5. The summed E-state index contributed by atoms with van der Waals surface area (Å²) in [7, 11) is 0. The molecule has 2 aromatic heterocycles. The van der Waals surface area contributed by atoms with Crippen LogP contribution in [0.25, 0.3) is 33.3 Å². The third-order valence-corrected chi connectivity index (χ3v) is 7.93. The number of carboxylic acid groups (broad SMARTS) is 1. The number of benzene rings is 2. The van der Waals surface area contributed by atoms with E-state index < -0.39 is 17.7 Å². The second-order valence-corrected chi connectivity index (χ2v) is 12.0. The van der Waals surface area contributed by atoms with Crippen molar-refractivity contribution in [1.29, 1.82) is 0 Å². The van der Waals surface area contributed by atoms with E-state index in [0.29, 0.717) is 31.7 Å². The highest BCUT2D eigenvalue weighted by Crippen LogP contribution is 2.34. The summed E-state index contributed by atoms with van der Waals surface area (Å²) in [6, 6.07) is 13.0. The predicted octanol–water partition coefficient (Wildman–Crippen LogP) is 5.77. The lowest BCUT2D eigenvalue weighted by atomic mass is 10.0. The molecule has 2 aromatic carbocycles. The van der Waals surface area contributed by atoms with Crippen molar-refractivity contribution in [3.8, 4) is 22.4 Å². The number of nitrogens with zero attached hydrogens (tertiary/aromatic N) is 4. The Kier molecular flexibility index (Phi) is 7.28. The zero-order valence-electron chi connectivity index (χ0n) is 24.4. The lowest BCUT2D eigenvalue weighted by Gasteiger charge is -2.27. The summed E-state index contributed by atoms with van der Waals surface area (Å²) >= 11 is 0. The van der Waals surface area contributed by atoms with E-state index in [1.165, 1.54) is 4.90 Å². The first-order valence-corrected chi connectivity index (χ1v) is 14.5.